The summed E-state index contributed by atoms with van der Waals surface area (Å²) in [4.78, 5) is 1.27. The smallest absolute Gasteiger partial charge is 0.126 e. The molecule has 86 valence electrons. The van der Waals surface area contributed by atoms with Crippen LogP contribution in [0.25, 0.3) is 0 Å². The molecule has 0 fully saturated rings. The molecule has 0 aromatic carbocycles. The van der Waals surface area contributed by atoms with Gasteiger partial charge in [0.2, 0.25) is 0 Å². The van der Waals surface area contributed by atoms with Gasteiger partial charge >= 0.3 is 0 Å². The molecule has 1 unspecified atom stereocenters. The summed E-state index contributed by atoms with van der Waals surface area (Å²) in [5.74, 6) is 1.91. The molecule has 0 saturated carbocycles. The van der Waals surface area contributed by atoms with Gasteiger partial charge in [-0.15, -0.1) is 11.3 Å². The van der Waals surface area contributed by atoms with Crippen LogP contribution in [-0.4, -0.2) is 7.05 Å². The molecule has 0 bridgehead atoms. The van der Waals surface area contributed by atoms with Gasteiger partial charge in [-0.3, -0.25) is 0 Å². The molecule has 4 heteroatoms. The zero-order chi connectivity index (χ0) is 11.7. The lowest BCUT2D eigenvalue weighted by molar-refractivity contribution is 0.446. The van der Waals surface area contributed by atoms with Crippen molar-refractivity contribution in [2.75, 3.05) is 7.05 Å². The average Bonchev–Trinajstić information content (AvgIpc) is 2.77. The van der Waals surface area contributed by atoms with Gasteiger partial charge in [0, 0.05) is 4.88 Å². The van der Waals surface area contributed by atoms with Gasteiger partial charge in [-0.25, -0.2) is 0 Å². The lowest BCUT2D eigenvalue weighted by Gasteiger charge is -2.11. The maximum atomic E-state index is 5.67. The molecule has 0 aliphatic carbocycles. The number of halogens is 1. The lowest BCUT2D eigenvalue weighted by atomic mass is 10.2. The minimum atomic E-state index is 0.142. The highest BCUT2D eigenvalue weighted by Gasteiger charge is 2.18. The van der Waals surface area contributed by atoms with Crippen molar-refractivity contribution in [2.45, 2.75) is 19.9 Å². The second kappa shape index (κ2) is 4.73. The molecular weight excluding hydrogens is 286 g/mol. The molecular formula is C12H14BrNOS. The zero-order valence-corrected chi connectivity index (χ0v) is 11.9. The topological polar surface area (TPSA) is 25.2 Å². The Hall–Kier alpha value is -0.580. The van der Waals surface area contributed by atoms with Crippen LogP contribution in [-0.2, 0) is 0 Å². The fraction of sp³-hybridized carbons (Fsp3) is 0.333. The Morgan fingerprint density at radius 3 is 2.56 bits per heavy atom. The van der Waals surface area contributed by atoms with Gasteiger partial charge in [0.1, 0.15) is 17.6 Å². The number of furan rings is 1. The van der Waals surface area contributed by atoms with Crippen LogP contribution in [0.2, 0.25) is 0 Å². The second-order valence-corrected chi connectivity index (χ2v) is 6.18. The Morgan fingerprint density at radius 2 is 2.12 bits per heavy atom. The van der Waals surface area contributed by atoms with Gasteiger partial charge in [0.25, 0.3) is 0 Å². The van der Waals surface area contributed by atoms with Gasteiger partial charge < -0.3 is 9.73 Å². The molecule has 1 N–H and O–H groups in total. The maximum absolute atomic E-state index is 5.67. The second-order valence-electron chi connectivity index (χ2n) is 3.78. The molecule has 2 aromatic rings. The van der Waals surface area contributed by atoms with Crippen molar-refractivity contribution in [3.63, 3.8) is 0 Å². The highest BCUT2D eigenvalue weighted by molar-refractivity contribution is 9.11. The number of nitrogens with one attached hydrogen (secondary N) is 1. The van der Waals surface area contributed by atoms with Crippen LogP contribution in [0, 0.1) is 13.8 Å². The Balaban J connectivity index is 2.36. The Bertz CT molecular complexity index is 469. The molecule has 2 rings (SSSR count). The average molecular weight is 300 g/mol. The van der Waals surface area contributed by atoms with Crippen molar-refractivity contribution in [3.05, 3.63) is 43.9 Å². The van der Waals surface area contributed by atoms with Crippen molar-refractivity contribution in [1.29, 1.82) is 0 Å². The molecule has 1 atom stereocenters. The van der Waals surface area contributed by atoms with E-state index in [1.807, 2.05) is 26.1 Å². The van der Waals surface area contributed by atoms with Gasteiger partial charge in [-0.2, -0.15) is 0 Å². The van der Waals surface area contributed by atoms with Crippen molar-refractivity contribution < 1.29 is 4.42 Å². The molecule has 16 heavy (non-hydrogen) atoms. The van der Waals surface area contributed by atoms with Crippen LogP contribution in [0.1, 0.15) is 28.0 Å². The summed E-state index contributed by atoms with van der Waals surface area (Å²) in [6, 6.07) is 6.35. The molecule has 0 aliphatic rings. The van der Waals surface area contributed by atoms with E-state index in [0.29, 0.717) is 0 Å². The largest absolute Gasteiger partial charge is 0.464 e. The number of rotatable bonds is 3. The summed E-state index contributed by atoms with van der Waals surface area (Å²) in [5.41, 5.74) is 1.27. The van der Waals surface area contributed by atoms with Crippen molar-refractivity contribution in [3.8, 4) is 0 Å². The van der Waals surface area contributed by atoms with Crippen molar-refractivity contribution in [1.82, 2.24) is 5.32 Å². The third-order valence-corrected chi connectivity index (χ3v) is 4.70. The lowest BCUT2D eigenvalue weighted by Crippen LogP contribution is -2.15. The molecule has 0 radical (unpaired) electrons. The van der Waals surface area contributed by atoms with E-state index in [1.54, 1.807) is 11.3 Å². The summed E-state index contributed by atoms with van der Waals surface area (Å²) < 4.78 is 6.86. The molecule has 2 aromatic heterocycles. The summed E-state index contributed by atoms with van der Waals surface area (Å²) >= 11 is 5.30. The van der Waals surface area contributed by atoms with E-state index in [1.165, 1.54) is 14.2 Å². The van der Waals surface area contributed by atoms with Crippen LogP contribution in [0.4, 0.5) is 0 Å². The first-order chi connectivity index (χ1) is 7.61. The van der Waals surface area contributed by atoms with Crippen molar-refractivity contribution in [2.24, 2.45) is 0 Å². The van der Waals surface area contributed by atoms with Crippen LogP contribution in [0.5, 0.6) is 0 Å². The highest BCUT2D eigenvalue weighted by atomic mass is 79.9. The van der Waals surface area contributed by atoms with Crippen LogP contribution >= 0.6 is 27.3 Å². The number of aryl methyl sites for hydroxylation is 2. The third kappa shape index (κ3) is 2.24. The van der Waals surface area contributed by atoms with E-state index in [0.717, 1.165) is 11.5 Å². The molecule has 0 spiro atoms. The monoisotopic (exact) mass is 299 g/mol. The zero-order valence-electron chi connectivity index (χ0n) is 9.50. The fourth-order valence-electron chi connectivity index (χ4n) is 1.66. The van der Waals surface area contributed by atoms with Gasteiger partial charge in [-0.1, -0.05) is 0 Å². The van der Waals surface area contributed by atoms with E-state index in [4.69, 9.17) is 4.42 Å². The predicted octanol–water partition coefficient (Wildman–Crippen LogP) is 4.03. The summed E-state index contributed by atoms with van der Waals surface area (Å²) in [6.45, 7) is 4.07. The number of thiophene rings is 1. The summed E-state index contributed by atoms with van der Waals surface area (Å²) in [7, 11) is 1.95. The van der Waals surface area contributed by atoms with E-state index in [2.05, 4.69) is 34.2 Å². The van der Waals surface area contributed by atoms with E-state index < -0.39 is 0 Å². The maximum Gasteiger partial charge on any atom is 0.126 e. The Labute approximate surface area is 108 Å². The summed E-state index contributed by atoms with van der Waals surface area (Å²) in [6.07, 6.45) is 0. The molecule has 0 amide bonds. The normalized spacial score (nSPS) is 13.0. The third-order valence-electron chi connectivity index (χ3n) is 2.50. The van der Waals surface area contributed by atoms with E-state index in [9.17, 15) is 0 Å². The van der Waals surface area contributed by atoms with Crippen molar-refractivity contribution >= 4 is 27.3 Å². The Morgan fingerprint density at radius 1 is 1.38 bits per heavy atom. The molecule has 0 saturated heterocycles. The SMILES string of the molecule is CNC(c1ccc(C)o1)c1cc(C)c(Br)s1. The molecule has 0 aliphatic heterocycles. The fourth-order valence-corrected chi connectivity index (χ4v) is 3.35. The highest BCUT2D eigenvalue weighted by Crippen LogP contribution is 2.34. The standard InChI is InChI=1S/C12H14BrNOS/c1-7-6-10(16-12(7)13)11(14-3)9-5-4-8(2)15-9/h4-6,11,14H,1-3H3. The minimum Gasteiger partial charge on any atom is -0.464 e. The minimum absolute atomic E-state index is 0.142. The van der Waals surface area contributed by atoms with Gasteiger partial charge in [0.15, 0.2) is 0 Å². The first-order valence-corrected chi connectivity index (χ1v) is 6.72. The molecule has 2 nitrogen and oxygen atoms in total. The quantitative estimate of drug-likeness (QED) is 0.926. The van der Waals surface area contributed by atoms with E-state index in [-0.39, 0.29) is 6.04 Å². The number of hydrogen-bond donors (Lipinski definition) is 1. The first-order valence-electron chi connectivity index (χ1n) is 5.11. The van der Waals surface area contributed by atoms with Gasteiger partial charge in [-0.05, 0) is 60.6 Å². The van der Waals surface area contributed by atoms with Gasteiger partial charge in [0.05, 0.1) is 3.79 Å². The van der Waals surface area contributed by atoms with Crippen LogP contribution in [0.15, 0.2) is 26.4 Å². The first kappa shape index (κ1) is 11.9. The summed E-state index contributed by atoms with van der Waals surface area (Å²) in [5, 5.41) is 3.28. The number of hydrogen-bond acceptors (Lipinski definition) is 3. The predicted molar refractivity (Wildman–Crippen MR) is 71.1 cm³/mol. The van der Waals surface area contributed by atoms with Crippen LogP contribution < -0.4 is 5.32 Å². The molecule has 2 heterocycles. The Kier molecular flexibility index (Phi) is 3.52. The van der Waals surface area contributed by atoms with E-state index >= 15 is 0 Å². The van der Waals surface area contributed by atoms with Crippen LogP contribution in [0.3, 0.4) is 0 Å².